The molecule has 18 heavy (non-hydrogen) atoms. The SMILES string of the molecule is Cc1ccc(NC(=O)CNCC(F)(F)F)c(Br)c1. The Labute approximate surface area is 111 Å². The third-order valence-electron chi connectivity index (χ3n) is 2.01. The van der Waals surface area contributed by atoms with Crippen LogP contribution in [0.25, 0.3) is 0 Å². The largest absolute Gasteiger partial charge is 0.401 e. The third kappa shape index (κ3) is 5.50. The maximum absolute atomic E-state index is 11.8. The number of nitrogens with one attached hydrogen (secondary N) is 2. The van der Waals surface area contributed by atoms with E-state index in [4.69, 9.17) is 0 Å². The Morgan fingerprint density at radius 3 is 2.61 bits per heavy atom. The summed E-state index contributed by atoms with van der Waals surface area (Å²) in [6, 6.07) is 5.28. The summed E-state index contributed by atoms with van der Waals surface area (Å²) >= 11 is 3.26. The van der Waals surface area contributed by atoms with Crippen LogP contribution in [0.2, 0.25) is 0 Å². The molecule has 7 heteroatoms. The highest BCUT2D eigenvalue weighted by Crippen LogP contribution is 2.23. The van der Waals surface area contributed by atoms with Crippen LogP contribution in [0.4, 0.5) is 18.9 Å². The Morgan fingerprint density at radius 2 is 2.06 bits per heavy atom. The van der Waals surface area contributed by atoms with Gasteiger partial charge < -0.3 is 10.6 Å². The van der Waals surface area contributed by atoms with Crippen molar-refractivity contribution in [2.75, 3.05) is 18.4 Å². The lowest BCUT2D eigenvalue weighted by Gasteiger charge is -2.10. The van der Waals surface area contributed by atoms with Crippen molar-refractivity contribution in [1.29, 1.82) is 0 Å². The zero-order valence-corrected chi connectivity index (χ0v) is 11.2. The molecule has 1 aromatic carbocycles. The van der Waals surface area contributed by atoms with E-state index in [2.05, 4.69) is 21.2 Å². The predicted octanol–water partition coefficient (Wildman–Crippen LogP) is 2.85. The van der Waals surface area contributed by atoms with Crippen LogP contribution in [0.15, 0.2) is 22.7 Å². The van der Waals surface area contributed by atoms with Crippen LogP contribution >= 0.6 is 15.9 Å². The minimum atomic E-state index is -4.31. The van der Waals surface area contributed by atoms with Gasteiger partial charge in [0.15, 0.2) is 0 Å². The van der Waals surface area contributed by atoms with E-state index < -0.39 is 18.6 Å². The van der Waals surface area contributed by atoms with Gasteiger partial charge in [-0.25, -0.2) is 0 Å². The van der Waals surface area contributed by atoms with Crippen molar-refractivity contribution in [1.82, 2.24) is 5.32 Å². The minimum Gasteiger partial charge on any atom is -0.324 e. The molecule has 0 radical (unpaired) electrons. The fraction of sp³-hybridized carbons (Fsp3) is 0.364. The fourth-order valence-corrected chi connectivity index (χ4v) is 1.83. The summed E-state index contributed by atoms with van der Waals surface area (Å²) in [6.45, 7) is 0.316. The van der Waals surface area contributed by atoms with Gasteiger partial charge in [0, 0.05) is 4.47 Å². The van der Waals surface area contributed by atoms with E-state index in [0.717, 1.165) is 5.56 Å². The van der Waals surface area contributed by atoms with Gasteiger partial charge in [-0.05, 0) is 40.5 Å². The number of amides is 1. The van der Waals surface area contributed by atoms with E-state index in [1.807, 2.05) is 12.2 Å². The van der Waals surface area contributed by atoms with Crippen molar-refractivity contribution >= 4 is 27.5 Å². The molecule has 1 aromatic rings. The maximum atomic E-state index is 11.8. The smallest absolute Gasteiger partial charge is 0.324 e. The molecule has 0 aliphatic rings. The molecule has 0 atom stereocenters. The molecule has 0 aliphatic heterocycles. The minimum absolute atomic E-state index is 0.389. The lowest BCUT2D eigenvalue weighted by Crippen LogP contribution is -2.35. The van der Waals surface area contributed by atoms with Crippen molar-refractivity contribution < 1.29 is 18.0 Å². The van der Waals surface area contributed by atoms with Crippen LogP contribution in [0.3, 0.4) is 0 Å². The number of hydrogen-bond donors (Lipinski definition) is 2. The molecule has 0 heterocycles. The number of rotatable bonds is 4. The van der Waals surface area contributed by atoms with Crippen LogP contribution in [0, 0.1) is 6.92 Å². The predicted molar refractivity (Wildman–Crippen MR) is 66.4 cm³/mol. The highest BCUT2D eigenvalue weighted by atomic mass is 79.9. The van der Waals surface area contributed by atoms with Crippen LogP contribution < -0.4 is 10.6 Å². The van der Waals surface area contributed by atoms with Gasteiger partial charge in [-0.15, -0.1) is 0 Å². The number of carbonyl (C=O) groups excluding carboxylic acids is 1. The molecule has 0 fully saturated rings. The van der Waals surface area contributed by atoms with Gasteiger partial charge in [-0.1, -0.05) is 6.07 Å². The first-order valence-electron chi connectivity index (χ1n) is 5.11. The maximum Gasteiger partial charge on any atom is 0.401 e. The zero-order valence-electron chi connectivity index (χ0n) is 9.57. The number of benzene rings is 1. The third-order valence-corrected chi connectivity index (χ3v) is 2.67. The van der Waals surface area contributed by atoms with Crippen LogP contribution in [-0.2, 0) is 4.79 Å². The van der Waals surface area contributed by atoms with E-state index in [1.54, 1.807) is 18.2 Å². The number of carbonyl (C=O) groups is 1. The van der Waals surface area contributed by atoms with E-state index in [1.165, 1.54) is 0 Å². The summed E-state index contributed by atoms with van der Waals surface area (Å²) in [5.41, 5.74) is 1.54. The lowest BCUT2D eigenvalue weighted by atomic mass is 10.2. The molecule has 0 spiro atoms. The van der Waals surface area contributed by atoms with Gasteiger partial charge >= 0.3 is 6.18 Å². The van der Waals surface area contributed by atoms with Crippen LogP contribution in [-0.4, -0.2) is 25.2 Å². The molecule has 100 valence electrons. The molecule has 2 N–H and O–H groups in total. The second-order valence-corrected chi connectivity index (χ2v) is 4.60. The molecular formula is C11H12BrF3N2O. The average Bonchev–Trinajstić information content (AvgIpc) is 2.20. The summed E-state index contributed by atoms with van der Waals surface area (Å²) in [7, 11) is 0. The zero-order chi connectivity index (χ0) is 13.8. The van der Waals surface area contributed by atoms with Crippen molar-refractivity contribution in [3.63, 3.8) is 0 Å². The molecule has 0 aromatic heterocycles. The molecule has 0 saturated carbocycles. The van der Waals surface area contributed by atoms with E-state index in [-0.39, 0.29) is 6.54 Å². The molecular weight excluding hydrogens is 313 g/mol. The summed E-state index contributed by atoms with van der Waals surface area (Å²) in [4.78, 5) is 11.4. The molecule has 0 unspecified atom stereocenters. The van der Waals surface area contributed by atoms with Crippen molar-refractivity contribution in [2.24, 2.45) is 0 Å². The molecule has 0 saturated heterocycles. The Hall–Kier alpha value is -1.08. The first-order chi connectivity index (χ1) is 8.28. The van der Waals surface area contributed by atoms with E-state index in [9.17, 15) is 18.0 Å². The topological polar surface area (TPSA) is 41.1 Å². The van der Waals surface area contributed by atoms with Gasteiger partial charge in [0.25, 0.3) is 0 Å². The lowest BCUT2D eigenvalue weighted by molar-refractivity contribution is -0.126. The normalized spacial score (nSPS) is 11.4. The quantitative estimate of drug-likeness (QED) is 0.894. The molecule has 1 amide bonds. The summed E-state index contributed by atoms with van der Waals surface area (Å²) < 4.78 is 36.2. The van der Waals surface area contributed by atoms with E-state index in [0.29, 0.717) is 10.2 Å². The highest BCUT2D eigenvalue weighted by Gasteiger charge is 2.26. The van der Waals surface area contributed by atoms with Crippen molar-refractivity contribution in [3.05, 3.63) is 28.2 Å². The van der Waals surface area contributed by atoms with Gasteiger partial charge in [-0.3, -0.25) is 4.79 Å². The molecule has 0 bridgehead atoms. The Bertz CT molecular complexity index is 435. The number of anilines is 1. The highest BCUT2D eigenvalue weighted by molar-refractivity contribution is 9.10. The first kappa shape index (κ1) is 15.0. The van der Waals surface area contributed by atoms with E-state index >= 15 is 0 Å². The van der Waals surface area contributed by atoms with Gasteiger partial charge in [-0.2, -0.15) is 13.2 Å². The summed E-state index contributed by atoms with van der Waals surface area (Å²) in [5, 5.41) is 4.53. The number of aryl methyl sites for hydroxylation is 1. The fourth-order valence-electron chi connectivity index (χ4n) is 1.23. The molecule has 3 nitrogen and oxygen atoms in total. The molecule has 0 aliphatic carbocycles. The number of alkyl halides is 3. The standard InChI is InChI=1S/C11H12BrF3N2O/c1-7-2-3-9(8(12)4-7)17-10(18)5-16-6-11(13,14)15/h2-4,16H,5-6H2,1H3,(H,17,18). The van der Waals surface area contributed by atoms with Gasteiger partial charge in [0.1, 0.15) is 0 Å². The first-order valence-corrected chi connectivity index (χ1v) is 5.91. The van der Waals surface area contributed by atoms with Gasteiger partial charge in [0.2, 0.25) is 5.91 Å². The second-order valence-electron chi connectivity index (χ2n) is 3.75. The van der Waals surface area contributed by atoms with Gasteiger partial charge in [0.05, 0.1) is 18.8 Å². The Morgan fingerprint density at radius 1 is 1.39 bits per heavy atom. The van der Waals surface area contributed by atoms with Crippen LogP contribution in [0.5, 0.6) is 0 Å². The monoisotopic (exact) mass is 324 g/mol. The summed E-state index contributed by atoms with van der Waals surface area (Å²) in [5.74, 6) is -0.524. The Balaban J connectivity index is 2.45. The van der Waals surface area contributed by atoms with Crippen LogP contribution in [0.1, 0.15) is 5.56 Å². The number of halogens is 4. The van der Waals surface area contributed by atoms with Crippen molar-refractivity contribution in [3.8, 4) is 0 Å². The second kappa shape index (κ2) is 6.19. The average molecular weight is 325 g/mol. The Kier molecular flexibility index (Phi) is 5.15. The van der Waals surface area contributed by atoms with Crippen molar-refractivity contribution in [2.45, 2.75) is 13.1 Å². The number of hydrogen-bond acceptors (Lipinski definition) is 2. The summed E-state index contributed by atoms with van der Waals surface area (Å²) in [6.07, 6.45) is -4.31. The molecule has 1 rings (SSSR count).